The maximum Gasteiger partial charge on any atom is 0.407 e. The van der Waals surface area contributed by atoms with Crippen molar-refractivity contribution in [2.75, 3.05) is 0 Å². The maximum absolute atomic E-state index is 12.1. The van der Waals surface area contributed by atoms with Crippen molar-refractivity contribution < 1.29 is 19.4 Å². The molecule has 5 nitrogen and oxygen atoms in total. The Bertz CT molecular complexity index is 570. The van der Waals surface area contributed by atoms with Crippen LogP contribution in [-0.2, 0) is 16.1 Å². The van der Waals surface area contributed by atoms with Crippen LogP contribution in [0.3, 0.4) is 0 Å². The van der Waals surface area contributed by atoms with Crippen molar-refractivity contribution >= 4 is 12.1 Å². The van der Waals surface area contributed by atoms with Crippen LogP contribution < -0.4 is 5.32 Å². The number of aliphatic carboxylic acids is 1. The molecule has 0 unspecified atom stereocenters. The third-order valence-corrected chi connectivity index (χ3v) is 5.29. The highest BCUT2D eigenvalue weighted by Gasteiger charge is 2.50. The van der Waals surface area contributed by atoms with E-state index in [0.29, 0.717) is 5.41 Å². The average molecular weight is 317 g/mol. The van der Waals surface area contributed by atoms with E-state index in [1.165, 1.54) is 12.8 Å². The molecular weight excluding hydrogens is 294 g/mol. The molecule has 0 radical (unpaired) electrons. The molecule has 23 heavy (non-hydrogen) atoms. The summed E-state index contributed by atoms with van der Waals surface area (Å²) in [4.78, 5) is 23.3. The number of carbonyl (C=O) groups excluding carboxylic acids is 1. The monoisotopic (exact) mass is 317 g/mol. The normalized spacial score (nSPS) is 20.7. The van der Waals surface area contributed by atoms with Gasteiger partial charge in [0.15, 0.2) is 0 Å². The number of carboxylic acid groups (broad SMARTS) is 1. The first kappa shape index (κ1) is 15.8. The largest absolute Gasteiger partial charge is 0.481 e. The molecule has 2 fully saturated rings. The SMILES string of the molecule is O=C(O)CC1(NC(=O)OCc2ccccc2)CCC2(CC2)CC1. The van der Waals surface area contributed by atoms with E-state index in [-0.39, 0.29) is 13.0 Å². The summed E-state index contributed by atoms with van der Waals surface area (Å²) in [6.07, 6.45) is 5.37. The Labute approximate surface area is 136 Å². The van der Waals surface area contributed by atoms with E-state index < -0.39 is 17.6 Å². The van der Waals surface area contributed by atoms with Crippen LogP contribution in [0.5, 0.6) is 0 Å². The summed E-state index contributed by atoms with van der Waals surface area (Å²) in [6.45, 7) is 0.194. The number of ether oxygens (including phenoxy) is 1. The highest BCUT2D eigenvalue weighted by molar-refractivity contribution is 5.72. The van der Waals surface area contributed by atoms with Crippen molar-refractivity contribution in [2.45, 2.75) is 57.1 Å². The highest BCUT2D eigenvalue weighted by Crippen LogP contribution is 2.58. The number of amides is 1. The van der Waals surface area contributed by atoms with Gasteiger partial charge in [-0.1, -0.05) is 30.3 Å². The van der Waals surface area contributed by atoms with E-state index in [1.807, 2.05) is 30.3 Å². The summed E-state index contributed by atoms with van der Waals surface area (Å²) in [5.74, 6) is -0.875. The molecule has 5 heteroatoms. The third-order valence-electron chi connectivity index (χ3n) is 5.29. The van der Waals surface area contributed by atoms with Gasteiger partial charge >= 0.3 is 12.1 Å². The smallest absolute Gasteiger partial charge is 0.407 e. The Morgan fingerprint density at radius 2 is 1.65 bits per heavy atom. The van der Waals surface area contributed by atoms with Crippen molar-refractivity contribution in [3.05, 3.63) is 35.9 Å². The molecule has 2 N–H and O–H groups in total. The van der Waals surface area contributed by atoms with E-state index in [1.54, 1.807) is 0 Å². The van der Waals surface area contributed by atoms with Crippen molar-refractivity contribution in [1.82, 2.24) is 5.32 Å². The van der Waals surface area contributed by atoms with E-state index >= 15 is 0 Å². The molecular formula is C18H23NO4. The molecule has 0 aromatic heterocycles. The Kier molecular flexibility index (Phi) is 4.28. The van der Waals surface area contributed by atoms with Crippen molar-refractivity contribution in [2.24, 2.45) is 5.41 Å². The topological polar surface area (TPSA) is 75.6 Å². The summed E-state index contributed by atoms with van der Waals surface area (Å²) in [5, 5.41) is 12.1. The van der Waals surface area contributed by atoms with Gasteiger partial charge in [-0.3, -0.25) is 4.79 Å². The first-order valence-electron chi connectivity index (χ1n) is 8.22. The maximum atomic E-state index is 12.1. The lowest BCUT2D eigenvalue weighted by atomic mass is 9.73. The predicted octanol–water partition coefficient (Wildman–Crippen LogP) is 3.48. The first-order valence-corrected chi connectivity index (χ1v) is 8.22. The third kappa shape index (κ3) is 4.03. The molecule has 3 rings (SSSR count). The number of carboxylic acids is 1. The number of alkyl carbamates (subject to hydrolysis) is 1. The van der Waals surface area contributed by atoms with Crippen molar-refractivity contribution in [1.29, 1.82) is 0 Å². The molecule has 1 spiro atoms. The van der Waals surface area contributed by atoms with Crippen molar-refractivity contribution in [3.63, 3.8) is 0 Å². The van der Waals surface area contributed by atoms with E-state index in [0.717, 1.165) is 31.2 Å². The number of rotatable bonds is 5. The molecule has 0 bridgehead atoms. The second-order valence-corrected chi connectivity index (χ2v) is 7.04. The van der Waals surface area contributed by atoms with Crippen molar-refractivity contribution in [3.8, 4) is 0 Å². The van der Waals surface area contributed by atoms with Gasteiger partial charge < -0.3 is 15.2 Å². The molecule has 2 aliphatic carbocycles. The predicted molar refractivity (Wildman–Crippen MR) is 84.9 cm³/mol. The average Bonchev–Trinajstić information content (AvgIpc) is 3.29. The van der Waals surface area contributed by atoms with Crippen LogP contribution in [-0.4, -0.2) is 22.7 Å². The van der Waals surface area contributed by atoms with Gasteiger partial charge in [0.2, 0.25) is 0 Å². The van der Waals surface area contributed by atoms with Gasteiger partial charge in [0.05, 0.1) is 12.0 Å². The van der Waals surface area contributed by atoms with Crippen LogP contribution in [0.4, 0.5) is 4.79 Å². The summed E-state index contributed by atoms with van der Waals surface area (Å²) in [6, 6.07) is 9.45. The number of hydrogen-bond acceptors (Lipinski definition) is 3. The van der Waals surface area contributed by atoms with Gasteiger partial charge in [0, 0.05) is 0 Å². The fraction of sp³-hybridized carbons (Fsp3) is 0.556. The standard InChI is InChI=1S/C18H23NO4/c20-15(21)12-18(10-8-17(6-7-17)9-11-18)19-16(22)23-13-14-4-2-1-3-5-14/h1-5H,6-13H2,(H,19,22)(H,20,21). The molecule has 1 aromatic rings. The van der Waals surface area contributed by atoms with Crippen LogP contribution in [0.15, 0.2) is 30.3 Å². The number of hydrogen-bond donors (Lipinski definition) is 2. The molecule has 2 aliphatic rings. The molecule has 1 amide bonds. The summed E-state index contributed by atoms with van der Waals surface area (Å²) in [7, 11) is 0. The summed E-state index contributed by atoms with van der Waals surface area (Å²) >= 11 is 0. The second kappa shape index (κ2) is 6.22. The first-order chi connectivity index (χ1) is 11.0. The zero-order chi connectivity index (χ0) is 16.3. The van der Waals surface area contributed by atoms with E-state index in [9.17, 15) is 14.7 Å². The Hall–Kier alpha value is -2.04. The van der Waals surface area contributed by atoms with Crippen LogP contribution in [0.2, 0.25) is 0 Å². The fourth-order valence-corrected chi connectivity index (χ4v) is 3.55. The summed E-state index contributed by atoms with van der Waals surface area (Å²) < 4.78 is 5.26. The lowest BCUT2D eigenvalue weighted by Gasteiger charge is -2.39. The lowest BCUT2D eigenvalue weighted by Crippen LogP contribution is -2.52. The van der Waals surface area contributed by atoms with Crippen LogP contribution in [0.1, 0.15) is 50.5 Å². The van der Waals surface area contributed by atoms with E-state index in [4.69, 9.17) is 4.74 Å². The Morgan fingerprint density at radius 1 is 1.04 bits per heavy atom. The fourth-order valence-electron chi connectivity index (χ4n) is 3.55. The molecule has 1 aromatic carbocycles. The Morgan fingerprint density at radius 3 is 2.22 bits per heavy atom. The Balaban J connectivity index is 1.57. The molecule has 0 heterocycles. The summed E-state index contributed by atoms with van der Waals surface area (Å²) in [5.41, 5.74) is 0.695. The minimum atomic E-state index is -0.875. The van der Waals surface area contributed by atoms with Gasteiger partial charge in [-0.25, -0.2) is 4.79 Å². The second-order valence-electron chi connectivity index (χ2n) is 7.04. The van der Waals surface area contributed by atoms with E-state index in [2.05, 4.69) is 5.32 Å². The molecule has 2 saturated carbocycles. The molecule has 0 atom stereocenters. The van der Waals surface area contributed by atoms with Crippen LogP contribution in [0.25, 0.3) is 0 Å². The van der Waals surface area contributed by atoms with Gasteiger partial charge in [-0.2, -0.15) is 0 Å². The minimum absolute atomic E-state index is 0.0382. The zero-order valence-electron chi connectivity index (χ0n) is 13.2. The number of carbonyl (C=O) groups is 2. The van der Waals surface area contributed by atoms with Gasteiger partial charge in [0.25, 0.3) is 0 Å². The zero-order valence-corrected chi connectivity index (χ0v) is 13.2. The van der Waals surface area contributed by atoms with Crippen LogP contribution in [0, 0.1) is 5.41 Å². The van der Waals surface area contributed by atoms with Gasteiger partial charge in [0.1, 0.15) is 6.61 Å². The number of nitrogens with one attached hydrogen (secondary N) is 1. The highest BCUT2D eigenvalue weighted by atomic mass is 16.5. The molecule has 0 aliphatic heterocycles. The van der Waals surface area contributed by atoms with Gasteiger partial charge in [-0.15, -0.1) is 0 Å². The quantitative estimate of drug-likeness (QED) is 0.872. The lowest BCUT2D eigenvalue weighted by molar-refractivity contribution is -0.139. The van der Waals surface area contributed by atoms with Gasteiger partial charge in [-0.05, 0) is 49.5 Å². The number of benzene rings is 1. The minimum Gasteiger partial charge on any atom is -0.481 e. The van der Waals surface area contributed by atoms with Crippen LogP contribution >= 0.6 is 0 Å². The molecule has 0 saturated heterocycles. The molecule has 124 valence electrons.